The van der Waals surface area contributed by atoms with Gasteiger partial charge in [0.2, 0.25) is 17.7 Å². The zero-order valence-electron chi connectivity index (χ0n) is 30.6. The first-order valence-electron chi connectivity index (χ1n) is 19.3. The highest BCUT2D eigenvalue weighted by atomic mass is 16.6. The first-order chi connectivity index (χ1) is 25.9. The fourth-order valence-corrected chi connectivity index (χ4v) is 8.52. The first kappa shape index (κ1) is 36.4. The molecule has 4 saturated heterocycles. The Balaban J connectivity index is 1.14. The lowest BCUT2D eigenvalue weighted by Gasteiger charge is -2.52. The van der Waals surface area contributed by atoms with Gasteiger partial charge in [0.25, 0.3) is 0 Å². The number of β-lactam (4-membered cyclic amide) rings is 1. The molecule has 0 saturated carbocycles. The van der Waals surface area contributed by atoms with Gasteiger partial charge in [-0.05, 0) is 68.8 Å². The van der Waals surface area contributed by atoms with E-state index in [-0.39, 0.29) is 43.2 Å². The van der Waals surface area contributed by atoms with E-state index in [1.807, 2.05) is 115 Å². The lowest BCUT2D eigenvalue weighted by atomic mass is 9.87. The minimum atomic E-state index is -0.932. The van der Waals surface area contributed by atoms with Gasteiger partial charge in [-0.15, -0.1) is 0 Å². The predicted octanol–water partition coefficient (Wildman–Crippen LogP) is 5.98. The van der Waals surface area contributed by atoms with Gasteiger partial charge in [0.1, 0.15) is 18.7 Å². The number of likely N-dealkylation sites (tertiary alicyclic amines) is 3. The number of cyclic esters (lactones) is 1. The standard InChI is InChI=1S/C43H51N5O5/c1-31(33-16-8-3-9-17-33)44-41(50)37(22-23-39(49)46-28-24-35(25-29-46)45-26-12-5-13-27-45)47-36(21-20-32-14-6-2-7-15-32)40(42(47)51)48-38(30-53-43(48)52)34-18-10-4-11-19-34/h2-4,6-11,14-21,31,35-38,40H,5,12-13,22-30H2,1H3,(H,44,50)/b21-20+/t31-,36-,37-,38-,40+/m1/s1. The molecule has 0 aromatic heterocycles. The topological polar surface area (TPSA) is 103 Å². The van der Waals surface area contributed by atoms with Crippen LogP contribution in [0.3, 0.4) is 0 Å². The maximum Gasteiger partial charge on any atom is 0.411 e. The van der Waals surface area contributed by atoms with Gasteiger partial charge in [-0.3, -0.25) is 19.3 Å². The fourth-order valence-electron chi connectivity index (χ4n) is 8.52. The molecule has 5 atom stereocenters. The Morgan fingerprint density at radius 3 is 2.17 bits per heavy atom. The largest absolute Gasteiger partial charge is 0.447 e. The second-order valence-electron chi connectivity index (χ2n) is 14.8. The van der Waals surface area contributed by atoms with Crippen molar-refractivity contribution in [2.45, 2.75) is 88.1 Å². The molecule has 278 valence electrons. The molecule has 4 aliphatic heterocycles. The van der Waals surface area contributed by atoms with Crippen molar-refractivity contribution >= 4 is 29.9 Å². The van der Waals surface area contributed by atoms with Crippen molar-refractivity contribution in [3.8, 4) is 0 Å². The summed E-state index contributed by atoms with van der Waals surface area (Å²) in [5.41, 5.74) is 2.73. The van der Waals surface area contributed by atoms with Crippen molar-refractivity contribution in [3.63, 3.8) is 0 Å². The van der Waals surface area contributed by atoms with Crippen LogP contribution in [0, 0.1) is 0 Å². The molecule has 7 rings (SSSR count). The van der Waals surface area contributed by atoms with E-state index in [0.29, 0.717) is 19.1 Å². The summed E-state index contributed by atoms with van der Waals surface area (Å²) in [4.78, 5) is 63.6. The third-order valence-electron chi connectivity index (χ3n) is 11.5. The third kappa shape index (κ3) is 8.18. The monoisotopic (exact) mass is 717 g/mol. The molecule has 4 heterocycles. The van der Waals surface area contributed by atoms with Crippen LogP contribution in [-0.4, -0.2) is 100 Å². The maximum atomic E-state index is 14.5. The van der Waals surface area contributed by atoms with Crippen LogP contribution in [0.5, 0.6) is 0 Å². The van der Waals surface area contributed by atoms with Gasteiger partial charge in [0.05, 0.1) is 18.1 Å². The Morgan fingerprint density at radius 1 is 0.849 bits per heavy atom. The minimum absolute atomic E-state index is 0.00386. The number of benzene rings is 3. The van der Waals surface area contributed by atoms with E-state index < -0.39 is 30.3 Å². The van der Waals surface area contributed by atoms with Crippen molar-refractivity contribution in [3.05, 3.63) is 114 Å². The molecule has 3 aromatic rings. The summed E-state index contributed by atoms with van der Waals surface area (Å²) in [5.74, 6) is -0.662. The van der Waals surface area contributed by atoms with Crippen LogP contribution in [0.15, 0.2) is 97.1 Å². The Labute approximate surface area is 312 Å². The van der Waals surface area contributed by atoms with Crippen LogP contribution in [-0.2, 0) is 19.1 Å². The summed E-state index contributed by atoms with van der Waals surface area (Å²) in [6.45, 7) is 5.73. The van der Waals surface area contributed by atoms with Gasteiger partial charge < -0.3 is 24.8 Å². The normalized spacial score (nSPS) is 23.8. The average molecular weight is 718 g/mol. The molecule has 53 heavy (non-hydrogen) atoms. The molecule has 4 fully saturated rings. The number of piperidine rings is 2. The van der Waals surface area contributed by atoms with E-state index in [0.717, 1.165) is 42.6 Å². The van der Waals surface area contributed by atoms with Crippen LogP contribution < -0.4 is 5.32 Å². The zero-order chi connectivity index (χ0) is 36.7. The fraction of sp³-hybridized carbons (Fsp3) is 0.442. The van der Waals surface area contributed by atoms with Crippen LogP contribution in [0.4, 0.5) is 4.79 Å². The average Bonchev–Trinajstić information content (AvgIpc) is 3.58. The Morgan fingerprint density at radius 2 is 1.49 bits per heavy atom. The highest BCUT2D eigenvalue weighted by Gasteiger charge is 2.58. The Kier molecular flexibility index (Phi) is 11.5. The van der Waals surface area contributed by atoms with Gasteiger partial charge in [-0.25, -0.2) is 4.79 Å². The number of rotatable bonds is 12. The Hall–Kier alpha value is -4.96. The SMILES string of the molecule is C[C@@H](NC(=O)[C@@H](CCC(=O)N1CCC(N2CCCCC2)CC1)N1C(=O)[C@@H](N2C(=O)OC[C@@H]2c2ccccc2)[C@H]1/C=C/c1ccccc1)c1ccccc1. The van der Waals surface area contributed by atoms with Gasteiger partial charge in [0.15, 0.2) is 0 Å². The molecule has 4 aliphatic rings. The first-order valence-corrected chi connectivity index (χ1v) is 19.3. The second-order valence-corrected chi connectivity index (χ2v) is 14.8. The van der Waals surface area contributed by atoms with Crippen LogP contribution in [0.1, 0.15) is 80.6 Å². The zero-order valence-corrected chi connectivity index (χ0v) is 30.6. The lowest BCUT2D eigenvalue weighted by Crippen LogP contribution is -2.74. The molecule has 0 bridgehead atoms. The predicted molar refractivity (Wildman–Crippen MR) is 203 cm³/mol. The van der Waals surface area contributed by atoms with Crippen molar-refractivity contribution in [2.24, 2.45) is 0 Å². The molecular formula is C43H51N5O5. The van der Waals surface area contributed by atoms with Gasteiger partial charge in [-0.2, -0.15) is 0 Å². The quantitative estimate of drug-likeness (QED) is 0.232. The third-order valence-corrected chi connectivity index (χ3v) is 11.5. The summed E-state index contributed by atoms with van der Waals surface area (Å²) >= 11 is 0. The molecule has 10 nitrogen and oxygen atoms in total. The number of nitrogens with zero attached hydrogens (tertiary/aromatic N) is 4. The molecular weight excluding hydrogens is 667 g/mol. The van der Waals surface area contributed by atoms with E-state index in [4.69, 9.17) is 4.74 Å². The number of ether oxygens (including phenoxy) is 1. The van der Waals surface area contributed by atoms with Gasteiger partial charge in [-0.1, -0.05) is 110 Å². The molecule has 0 spiro atoms. The van der Waals surface area contributed by atoms with Crippen LogP contribution in [0.25, 0.3) is 6.08 Å². The lowest BCUT2D eigenvalue weighted by molar-refractivity contribution is -0.163. The minimum Gasteiger partial charge on any atom is -0.447 e. The van der Waals surface area contributed by atoms with E-state index in [9.17, 15) is 19.2 Å². The van der Waals surface area contributed by atoms with Crippen LogP contribution >= 0.6 is 0 Å². The number of carbonyl (C=O) groups excluding carboxylic acids is 4. The highest BCUT2D eigenvalue weighted by molar-refractivity contribution is 5.98. The van der Waals surface area contributed by atoms with Gasteiger partial charge in [0, 0.05) is 25.6 Å². The van der Waals surface area contributed by atoms with E-state index in [1.165, 1.54) is 24.2 Å². The van der Waals surface area contributed by atoms with E-state index >= 15 is 0 Å². The summed E-state index contributed by atoms with van der Waals surface area (Å²) in [6.07, 6.45) is 9.27. The molecule has 3 aromatic carbocycles. The summed E-state index contributed by atoms with van der Waals surface area (Å²) < 4.78 is 5.55. The summed E-state index contributed by atoms with van der Waals surface area (Å²) in [7, 11) is 0. The van der Waals surface area contributed by atoms with E-state index in [1.54, 1.807) is 4.90 Å². The number of amides is 4. The van der Waals surface area contributed by atoms with Crippen LogP contribution in [0.2, 0.25) is 0 Å². The number of hydrogen-bond acceptors (Lipinski definition) is 6. The molecule has 4 amide bonds. The smallest absolute Gasteiger partial charge is 0.411 e. The van der Waals surface area contributed by atoms with Crippen molar-refractivity contribution < 1.29 is 23.9 Å². The van der Waals surface area contributed by atoms with Crippen molar-refractivity contribution in [2.75, 3.05) is 32.8 Å². The van der Waals surface area contributed by atoms with E-state index in [2.05, 4.69) is 10.2 Å². The number of nitrogens with one attached hydrogen (secondary N) is 1. The molecule has 1 N–H and O–H groups in total. The van der Waals surface area contributed by atoms with Crippen molar-refractivity contribution in [1.82, 2.24) is 24.9 Å². The van der Waals surface area contributed by atoms with Gasteiger partial charge >= 0.3 is 6.09 Å². The molecule has 0 aliphatic carbocycles. The molecule has 0 radical (unpaired) electrons. The Bertz CT molecular complexity index is 1740. The molecule has 0 unspecified atom stereocenters. The summed E-state index contributed by atoms with van der Waals surface area (Å²) in [6, 6.07) is 26.3. The maximum absolute atomic E-state index is 14.5. The second kappa shape index (κ2) is 16.8. The number of carbonyl (C=O) groups is 4. The highest BCUT2D eigenvalue weighted by Crippen LogP contribution is 2.39. The molecule has 10 heteroatoms. The van der Waals surface area contributed by atoms with Crippen molar-refractivity contribution in [1.29, 1.82) is 0 Å². The summed E-state index contributed by atoms with van der Waals surface area (Å²) in [5, 5.41) is 3.14. The number of hydrogen-bond donors (Lipinski definition) is 1.